The molecule has 2 aromatic carbocycles. The Labute approximate surface area is 201 Å². The third-order valence-corrected chi connectivity index (χ3v) is 6.83. The van der Waals surface area contributed by atoms with Gasteiger partial charge in [0.1, 0.15) is 5.82 Å². The minimum absolute atomic E-state index is 0.0546. The molecule has 3 aromatic rings. The Balaban J connectivity index is 1.57. The molecule has 1 aliphatic carbocycles. The largest absolute Gasteiger partial charge is 0.478 e. The van der Waals surface area contributed by atoms with Crippen molar-refractivity contribution in [3.05, 3.63) is 76.0 Å². The molecule has 0 atom stereocenters. The van der Waals surface area contributed by atoms with Crippen molar-refractivity contribution >= 4 is 5.97 Å². The Morgan fingerprint density at radius 3 is 2.35 bits per heavy atom. The molecule has 1 aliphatic rings. The number of aromatic carboxylic acids is 1. The Morgan fingerprint density at radius 1 is 1.03 bits per heavy atom. The fourth-order valence-corrected chi connectivity index (χ4v) is 4.96. The van der Waals surface area contributed by atoms with Crippen molar-refractivity contribution < 1.29 is 9.90 Å². The summed E-state index contributed by atoms with van der Waals surface area (Å²) < 4.78 is 3.45. The van der Waals surface area contributed by atoms with Crippen LogP contribution in [0.2, 0.25) is 0 Å². The van der Waals surface area contributed by atoms with Crippen LogP contribution in [0.25, 0.3) is 11.1 Å². The van der Waals surface area contributed by atoms with E-state index < -0.39 is 5.97 Å². The summed E-state index contributed by atoms with van der Waals surface area (Å²) in [5, 5.41) is 14.3. The molecule has 180 valence electrons. The molecule has 34 heavy (non-hydrogen) atoms. The molecular weight excluding hydrogens is 426 g/mol. The van der Waals surface area contributed by atoms with E-state index in [9.17, 15) is 14.7 Å². The summed E-state index contributed by atoms with van der Waals surface area (Å²) in [4.78, 5) is 24.9. The number of carboxylic acid groups (broad SMARTS) is 1. The van der Waals surface area contributed by atoms with Crippen molar-refractivity contribution in [2.75, 3.05) is 0 Å². The zero-order chi connectivity index (χ0) is 24.3. The van der Waals surface area contributed by atoms with Gasteiger partial charge in [0.2, 0.25) is 0 Å². The molecule has 1 aromatic heterocycles. The van der Waals surface area contributed by atoms with Crippen LogP contribution < -0.4 is 5.69 Å². The fraction of sp³-hybridized carbons (Fsp3) is 0.464. The summed E-state index contributed by atoms with van der Waals surface area (Å²) >= 11 is 0. The summed E-state index contributed by atoms with van der Waals surface area (Å²) in [6.07, 6.45) is 7.47. The third kappa shape index (κ3) is 5.32. The second-order valence-electron chi connectivity index (χ2n) is 10.5. The number of hydrogen-bond donors (Lipinski definition) is 1. The lowest BCUT2D eigenvalue weighted by molar-refractivity contribution is 0.0697. The fourth-order valence-electron chi connectivity index (χ4n) is 4.96. The molecular formula is C28H35N3O3. The minimum atomic E-state index is -0.943. The van der Waals surface area contributed by atoms with Gasteiger partial charge in [-0.15, -0.1) is 0 Å². The topological polar surface area (TPSA) is 77.1 Å². The van der Waals surface area contributed by atoms with E-state index in [1.54, 1.807) is 21.4 Å². The molecule has 6 nitrogen and oxygen atoms in total. The van der Waals surface area contributed by atoms with Gasteiger partial charge in [0.15, 0.2) is 0 Å². The summed E-state index contributed by atoms with van der Waals surface area (Å²) in [5.74, 6) is 0.549. The molecule has 4 rings (SSSR count). The maximum atomic E-state index is 13.3. The highest BCUT2D eigenvalue weighted by Crippen LogP contribution is 2.27. The predicted octanol–water partition coefficient (Wildman–Crippen LogP) is 5.73. The zero-order valence-electron chi connectivity index (χ0n) is 20.5. The summed E-state index contributed by atoms with van der Waals surface area (Å²) in [6, 6.07) is 14.8. The Kier molecular flexibility index (Phi) is 7.05. The highest BCUT2D eigenvalue weighted by Gasteiger charge is 2.25. The van der Waals surface area contributed by atoms with Gasteiger partial charge in [-0.2, -0.15) is 5.10 Å². The average molecular weight is 462 g/mol. The highest BCUT2D eigenvalue weighted by molar-refractivity contribution is 5.95. The van der Waals surface area contributed by atoms with Gasteiger partial charge >= 0.3 is 11.7 Å². The molecule has 0 amide bonds. The molecule has 0 bridgehead atoms. The quantitative estimate of drug-likeness (QED) is 0.488. The van der Waals surface area contributed by atoms with E-state index in [0.717, 1.165) is 23.4 Å². The van der Waals surface area contributed by atoms with E-state index in [2.05, 4.69) is 20.8 Å². The molecule has 1 fully saturated rings. The van der Waals surface area contributed by atoms with Crippen LogP contribution in [0.1, 0.15) is 81.0 Å². The summed E-state index contributed by atoms with van der Waals surface area (Å²) in [6.45, 7) is 7.37. The summed E-state index contributed by atoms with van der Waals surface area (Å²) in [7, 11) is 0. The van der Waals surface area contributed by atoms with Crippen LogP contribution in [-0.2, 0) is 18.5 Å². The molecule has 0 aliphatic heterocycles. The number of nitrogens with zero attached hydrogens (tertiary/aromatic N) is 3. The third-order valence-electron chi connectivity index (χ3n) is 6.83. The highest BCUT2D eigenvalue weighted by atomic mass is 16.4. The number of benzene rings is 2. The molecule has 1 heterocycles. The van der Waals surface area contributed by atoms with Crippen molar-refractivity contribution in [2.45, 2.75) is 77.8 Å². The lowest BCUT2D eigenvalue weighted by atomic mass is 9.87. The van der Waals surface area contributed by atoms with E-state index in [4.69, 9.17) is 5.10 Å². The first-order chi connectivity index (χ1) is 16.2. The number of aromatic nitrogens is 3. The lowest BCUT2D eigenvalue weighted by Gasteiger charge is -2.21. The standard InChI is InChI=1S/C28H35N3O3/c1-28(2,3)26-29-31(18-17-20-9-5-4-6-10-20)27(34)30(26)19-21-13-15-22(16-14-21)23-11-7-8-12-24(23)25(32)33/h7-8,11-16,20H,4-6,9-10,17-19H2,1-3H3,(H,32,33). The average Bonchev–Trinajstić information content (AvgIpc) is 3.14. The number of hydrogen-bond acceptors (Lipinski definition) is 3. The van der Waals surface area contributed by atoms with Gasteiger partial charge in [0.25, 0.3) is 0 Å². The van der Waals surface area contributed by atoms with Gasteiger partial charge in [0.05, 0.1) is 12.1 Å². The van der Waals surface area contributed by atoms with Crippen LogP contribution in [0, 0.1) is 5.92 Å². The first-order valence-electron chi connectivity index (χ1n) is 12.3. The van der Waals surface area contributed by atoms with Crippen LogP contribution in [-0.4, -0.2) is 25.4 Å². The van der Waals surface area contributed by atoms with Crippen molar-refractivity contribution in [1.82, 2.24) is 14.3 Å². The van der Waals surface area contributed by atoms with Crippen LogP contribution in [0.4, 0.5) is 0 Å². The Hall–Kier alpha value is -3.15. The minimum Gasteiger partial charge on any atom is -0.478 e. The van der Waals surface area contributed by atoms with Crippen LogP contribution in [0.15, 0.2) is 53.3 Å². The SMILES string of the molecule is CC(C)(C)c1nn(CCC2CCCCC2)c(=O)n1Cc1ccc(-c2ccccc2C(=O)O)cc1. The Bertz CT molecular complexity index is 1190. The number of carboxylic acids is 1. The molecule has 1 N–H and O–H groups in total. The van der Waals surface area contributed by atoms with Crippen LogP contribution >= 0.6 is 0 Å². The maximum absolute atomic E-state index is 13.3. The maximum Gasteiger partial charge on any atom is 0.346 e. The zero-order valence-corrected chi connectivity index (χ0v) is 20.5. The van der Waals surface area contributed by atoms with Gasteiger partial charge in [0, 0.05) is 12.0 Å². The number of aryl methyl sites for hydroxylation is 1. The normalized spacial score (nSPS) is 14.9. The molecule has 0 spiro atoms. The van der Waals surface area contributed by atoms with E-state index >= 15 is 0 Å². The van der Waals surface area contributed by atoms with E-state index in [1.807, 2.05) is 36.4 Å². The van der Waals surface area contributed by atoms with Crippen molar-refractivity contribution in [3.63, 3.8) is 0 Å². The van der Waals surface area contributed by atoms with Crippen molar-refractivity contribution in [3.8, 4) is 11.1 Å². The molecule has 0 radical (unpaired) electrons. The smallest absolute Gasteiger partial charge is 0.346 e. The van der Waals surface area contributed by atoms with E-state index in [1.165, 1.54) is 32.1 Å². The van der Waals surface area contributed by atoms with Gasteiger partial charge in [-0.25, -0.2) is 14.3 Å². The van der Waals surface area contributed by atoms with Crippen LogP contribution in [0.3, 0.4) is 0 Å². The second-order valence-corrected chi connectivity index (χ2v) is 10.5. The van der Waals surface area contributed by atoms with E-state index in [0.29, 0.717) is 24.6 Å². The predicted molar refractivity (Wildman–Crippen MR) is 134 cm³/mol. The molecule has 6 heteroatoms. The Morgan fingerprint density at radius 2 is 1.71 bits per heavy atom. The molecule has 0 unspecified atom stereocenters. The number of rotatable bonds is 7. The first kappa shape index (κ1) is 24.0. The van der Waals surface area contributed by atoms with Crippen molar-refractivity contribution in [1.29, 1.82) is 0 Å². The second kappa shape index (κ2) is 10.00. The first-order valence-corrected chi connectivity index (χ1v) is 12.3. The molecule has 1 saturated carbocycles. The monoisotopic (exact) mass is 461 g/mol. The molecule has 0 saturated heterocycles. The summed E-state index contributed by atoms with van der Waals surface area (Å²) in [5.41, 5.74) is 2.48. The van der Waals surface area contributed by atoms with E-state index in [-0.39, 0.29) is 16.7 Å². The van der Waals surface area contributed by atoms with Gasteiger partial charge in [-0.1, -0.05) is 95.3 Å². The number of carbonyl (C=O) groups is 1. The lowest BCUT2D eigenvalue weighted by Crippen LogP contribution is -2.28. The van der Waals surface area contributed by atoms with Gasteiger partial charge in [-0.3, -0.25) is 4.57 Å². The van der Waals surface area contributed by atoms with Crippen LogP contribution in [0.5, 0.6) is 0 Å². The van der Waals surface area contributed by atoms with Gasteiger partial charge in [-0.05, 0) is 35.1 Å². The van der Waals surface area contributed by atoms with Crippen molar-refractivity contribution in [2.24, 2.45) is 5.92 Å². The van der Waals surface area contributed by atoms with Gasteiger partial charge < -0.3 is 5.11 Å².